The molecule has 1 atom stereocenters. The van der Waals surface area contributed by atoms with E-state index >= 15 is 0 Å². The van der Waals surface area contributed by atoms with Gasteiger partial charge in [-0.3, -0.25) is 0 Å². The Bertz CT molecular complexity index is 208. The summed E-state index contributed by atoms with van der Waals surface area (Å²) in [6, 6.07) is 0. The van der Waals surface area contributed by atoms with Gasteiger partial charge in [0, 0.05) is 0 Å². The Hall–Kier alpha value is -0.520. The highest BCUT2D eigenvalue weighted by Gasteiger charge is 2.18. The van der Waals surface area contributed by atoms with Gasteiger partial charge < -0.3 is 0 Å². The van der Waals surface area contributed by atoms with Gasteiger partial charge in [0.1, 0.15) is 0 Å². The SMILES string of the molecule is CC1CCCC2=C1CCC=C2. The molecule has 0 spiro atoms. The minimum atomic E-state index is 0.878. The fourth-order valence-corrected chi connectivity index (χ4v) is 2.31. The van der Waals surface area contributed by atoms with Crippen LogP contribution in [0.15, 0.2) is 23.3 Å². The largest absolute Gasteiger partial charge is 0.0839 e. The lowest BCUT2D eigenvalue weighted by atomic mass is 9.79. The molecular weight excluding hydrogens is 132 g/mol. The van der Waals surface area contributed by atoms with E-state index in [4.69, 9.17) is 0 Å². The van der Waals surface area contributed by atoms with Crippen LogP contribution in [0.5, 0.6) is 0 Å². The standard InChI is InChI=1S/C11H16/c1-9-5-4-7-10-6-2-3-8-11(9)10/h2,6,9H,3-5,7-8H2,1H3. The first-order valence-corrected chi connectivity index (χ1v) is 4.76. The van der Waals surface area contributed by atoms with E-state index in [2.05, 4.69) is 19.1 Å². The highest BCUT2D eigenvalue weighted by atomic mass is 14.2. The lowest BCUT2D eigenvalue weighted by Crippen LogP contribution is -2.10. The predicted octanol–water partition coefficient (Wildman–Crippen LogP) is 3.45. The molecule has 0 saturated heterocycles. The zero-order valence-electron chi connectivity index (χ0n) is 7.27. The zero-order valence-corrected chi connectivity index (χ0v) is 7.27. The molecule has 0 aromatic heterocycles. The van der Waals surface area contributed by atoms with Gasteiger partial charge in [-0.15, -0.1) is 0 Å². The Morgan fingerprint density at radius 1 is 1.36 bits per heavy atom. The van der Waals surface area contributed by atoms with Crippen molar-refractivity contribution in [2.75, 3.05) is 0 Å². The van der Waals surface area contributed by atoms with Gasteiger partial charge in [0.05, 0.1) is 0 Å². The first kappa shape index (κ1) is 7.15. The molecule has 0 heterocycles. The number of allylic oxidation sites excluding steroid dienone is 4. The number of hydrogen-bond donors (Lipinski definition) is 0. The lowest BCUT2D eigenvalue weighted by molar-refractivity contribution is 0.517. The maximum Gasteiger partial charge on any atom is -0.0226 e. The molecule has 0 nitrogen and oxygen atoms in total. The van der Waals surface area contributed by atoms with Crippen LogP contribution in [0.2, 0.25) is 0 Å². The van der Waals surface area contributed by atoms with Crippen LogP contribution in [0.3, 0.4) is 0 Å². The topological polar surface area (TPSA) is 0 Å². The molecule has 2 aliphatic carbocycles. The van der Waals surface area contributed by atoms with Crippen molar-refractivity contribution in [3.05, 3.63) is 23.3 Å². The molecular formula is C11H16. The summed E-state index contributed by atoms with van der Waals surface area (Å²) in [6.07, 6.45) is 11.5. The Labute approximate surface area is 69.0 Å². The van der Waals surface area contributed by atoms with Crippen LogP contribution < -0.4 is 0 Å². The summed E-state index contributed by atoms with van der Waals surface area (Å²) in [4.78, 5) is 0. The Balaban J connectivity index is 2.28. The fourth-order valence-electron chi connectivity index (χ4n) is 2.31. The first-order valence-electron chi connectivity index (χ1n) is 4.76. The summed E-state index contributed by atoms with van der Waals surface area (Å²) in [5, 5.41) is 0. The van der Waals surface area contributed by atoms with Crippen molar-refractivity contribution in [3.63, 3.8) is 0 Å². The summed E-state index contributed by atoms with van der Waals surface area (Å²) in [6.45, 7) is 2.38. The Morgan fingerprint density at radius 2 is 2.27 bits per heavy atom. The molecule has 0 bridgehead atoms. The second-order valence-corrected chi connectivity index (χ2v) is 3.78. The van der Waals surface area contributed by atoms with Gasteiger partial charge in [-0.25, -0.2) is 0 Å². The molecule has 0 radical (unpaired) electrons. The summed E-state index contributed by atoms with van der Waals surface area (Å²) in [7, 11) is 0. The molecule has 1 unspecified atom stereocenters. The van der Waals surface area contributed by atoms with E-state index in [-0.39, 0.29) is 0 Å². The van der Waals surface area contributed by atoms with Crippen molar-refractivity contribution in [3.8, 4) is 0 Å². The monoisotopic (exact) mass is 148 g/mol. The van der Waals surface area contributed by atoms with Crippen LogP contribution in [0.4, 0.5) is 0 Å². The summed E-state index contributed by atoms with van der Waals surface area (Å²) in [5.74, 6) is 0.878. The van der Waals surface area contributed by atoms with Crippen molar-refractivity contribution < 1.29 is 0 Å². The van der Waals surface area contributed by atoms with Gasteiger partial charge in [-0.1, -0.05) is 24.6 Å². The molecule has 0 aliphatic heterocycles. The van der Waals surface area contributed by atoms with E-state index < -0.39 is 0 Å². The van der Waals surface area contributed by atoms with Gasteiger partial charge in [0.2, 0.25) is 0 Å². The van der Waals surface area contributed by atoms with E-state index in [9.17, 15) is 0 Å². The van der Waals surface area contributed by atoms with Crippen LogP contribution in [0.25, 0.3) is 0 Å². The van der Waals surface area contributed by atoms with Gasteiger partial charge in [0.15, 0.2) is 0 Å². The van der Waals surface area contributed by atoms with E-state index in [1.165, 1.54) is 32.1 Å². The molecule has 0 aromatic rings. The van der Waals surface area contributed by atoms with Crippen molar-refractivity contribution in [1.82, 2.24) is 0 Å². The maximum atomic E-state index is 2.38. The van der Waals surface area contributed by atoms with Crippen molar-refractivity contribution in [2.45, 2.75) is 39.0 Å². The Kier molecular flexibility index (Phi) is 1.85. The number of hydrogen-bond acceptors (Lipinski definition) is 0. The third-order valence-electron chi connectivity index (χ3n) is 2.99. The third-order valence-corrected chi connectivity index (χ3v) is 2.99. The molecule has 0 amide bonds. The van der Waals surface area contributed by atoms with Crippen molar-refractivity contribution in [1.29, 1.82) is 0 Å². The third kappa shape index (κ3) is 1.26. The van der Waals surface area contributed by atoms with Gasteiger partial charge in [-0.2, -0.15) is 0 Å². The van der Waals surface area contributed by atoms with E-state index in [0.717, 1.165) is 5.92 Å². The van der Waals surface area contributed by atoms with Gasteiger partial charge >= 0.3 is 0 Å². The molecule has 60 valence electrons. The highest BCUT2D eigenvalue weighted by Crippen LogP contribution is 2.35. The van der Waals surface area contributed by atoms with Gasteiger partial charge in [-0.05, 0) is 43.6 Å². The molecule has 2 rings (SSSR count). The normalized spacial score (nSPS) is 30.5. The Morgan fingerprint density at radius 3 is 3.09 bits per heavy atom. The van der Waals surface area contributed by atoms with Crippen LogP contribution in [-0.2, 0) is 0 Å². The maximum absolute atomic E-state index is 2.38. The molecule has 11 heavy (non-hydrogen) atoms. The summed E-state index contributed by atoms with van der Waals surface area (Å²) < 4.78 is 0. The molecule has 0 heteroatoms. The van der Waals surface area contributed by atoms with Crippen LogP contribution in [0.1, 0.15) is 39.0 Å². The van der Waals surface area contributed by atoms with E-state index in [0.29, 0.717) is 0 Å². The second kappa shape index (κ2) is 2.84. The average Bonchev–Trinajstić information content (AvgIpc) is 2.06. The molecule has 0 saturated carbocycles. The quantitative estimate of drug-likeness (QED) is 0.493. The second-order valence-electron chi connectivity index (χ2n) is 3.78. The van der Waals surface area contributed by atoms with E-state index in [1.807, 2.05) is 0 Å². The predicted molar refractivity (Wildman–Crippen MR) is 48.4 cm³/mol. The van der Waals surface area contributed by atoms with Crippen molar-refractivity contribution >= 4 is 0 Å². The summed E-state index contributed by atoms with van der Waals surface area (Å²) >= 11 is 0. The highest BCUT2D eigenvalue weighted by molar-refractivity contribution is 5.32. The smallest absolute Gasteiger partial charge is 0.0226 e. The molecule has 0 aromatic carbocycles. The van der Waals surface area contributed by atoms with Gasteiger partial charge in [0.25, 0.3) is 0 Å². The molecule has 0 fully saturated rings. The van der Waals surface area contributed by atoms with E-state index in [1.54, 1.807) is 11.1 Å². The zero-order chi connectivity index (χ0) is 7.68. The van der Waals surface area contributed by atoms with Crippen LogP contribution >= 0.6 is 0 Å². The van der Waals surface area contributed by atoms with Crippen LogP contribution in [-0.4, -0.2) is 0 Å². The average molecular weight is 148 g/mol. The number of rotatable bonds is 0. The van der Waals surface area contributed by atoms with Crippen molar-refractivity contribution in [2.24, 2.45) is 5.92 Å². The lowest BCUT2D eigenvalue weighted by Gasteiger charge is -2.26. The first-order chi connectivity index (χ1) is 5.38. The fraction of sp³-hybridized carbons (Fsp3) is 0.636. The minimum Gasteiger partial charge on any atom is -0.0839 e. The summed E-state index contributed by atoms with van der Waals surface area (Å²) in [5.41, 5.74) is 3.42. The minimum absolute atomic E-state index is 0.878. The van der Waals surface area contributed by atoms with Crippen LogP contribution in [0, 0.1) is 5.92 Å². The molecule has 2 aliphatic rings. The molecule has 0 N–H and O–H groups in total.